The molecule has 0 aliphatic carbocycles. The molecule has 94 valence electrons. The quantitative estimate of drug-likeness (QED) is 0.808. The molecule has 16 heavy (non-hydrogen) atoms. The van der Waals surface area contributed by atoms with Crippen molar-refractivity contribution in [3.63, 3.8) is 0 Å². The molecule has 1 heterocycles. The lowest BCUT2D eigenvalue weighted by atomic mass is 9.95. The highest BCUT2D eigenvalue weighted by Crippen LogP contribution is 2.17. The molecule has 0 aromatic heterocycles. The van der Waals surface area contributed by atoms with E-state index in [0.29, 0.717) is 12.3 Å². The summed E-state index contributed by atoms with van der Waals surface area (Å²) in [5, 5.41) is 2.08. The van der Waals surface area contributed by atoms with Gasteiger partial charge < -0.3 is 5.32 Å². The minimum atomic E-state index is -3.54. The molecule has 0 saturated carbocycles. The van der Waals surface area contributed by atoms with E-state index in [2.05, 4.69) is 5.32 Å². The Labute approximate surface area is 97.7 Å². The Bertz CT molecular complexity index is 329. The van der Waals surface area contributed by atoms with Crippen LogP contribution in [0.1, 0.15) is 39.5 Å². The molecule has 4 nitrogen and oxygen atoms in total. The third-order valence-electron chi connectivity index (χ3n) is 3.09. The highest BCUT2D eigenvalue weighted by Gasteiger charge is 2.26. The molecule has 0 amide bonds. The summed E-state index contributed by atoms with van der Waals surface area (Å²) in [7, 11) is -3.54. The maximum Gasteiger partial charge on any atom is 0.246 e. The van der Waals surface area contributed by atoms with Crippen molar-refractivity contribution in [3.05, 3.63) is 0 Å². The van der Waals surface area contributed by atoms with Crippen LogP contribution in [0.2, 0.25) is 0 Å². The number of piperidine rings is 1. The third-order valence-corrected chi connectivity index (χ3v) is 5.17. The van der Waals surface area contributed by atoms with Crippen LogP contribution in [0.4, 0.5) is 0 Å². The Morgan fingerprint density at radius 3 is 2.62 bits per heavy atom. The minimum absolute atomic E-state index is 0.173. The Balaban J connectivity index is 2.40. The maximum atomic E-state index is 11.5. The first kappa shape index (κ1) is 13.6. The van der Waals surface area contributed by atoms with Crippen molar-refractivity contribution in [3.8, 4) is 0 Å². The summed E-state index contributed by atoms with van der Waals surface area (Å²) >= 11 is 0. The van der Waals surface area contributed by atoms with Crippen LogP contribution in [-0.2, 0) is 14.6 Å². The van der Waals surface area contributed by atoms with Crippen molar-refractivity contribution >= 4 is 15.0 Å². The Morgan fingerprint density at radius 1 is 1.44 bits per heavy atom. The fourth-order valence-electron chi connectivity index (χ4n) is 1.90. The van der Waals surface area contributed by atoms with Crippen molar-refractivity contribution < 1.29 is 13.2 Å². The summed E-state index contributed by atoms with van der Waals surface area (Å²) in [5.41, 5.74) is 0. The first-order chi connectivity index (χ1) is 7.44. The molecule has 1 rings (SSSR count). The van der Waals surface area contributed by atoms with Gasteiger partial charge in [-0.15, -0.1) is 0 Å². The number of sulfone groups is 1. The van der Waals surface area contributed by atoms with Crippen LogP contribution in [0.25, 0.3) is 0 Å². The molecule has 0 radical (unpaired) electrons. The zero-order valence-corrected chi connectivity index (χ0v) is 10.8. The largest absolute Gasteiger partial charge is 0.316 e. The van der Waals surface area contributed by atoms with Gasteiger partial charge in [-0.05, 0) is 52.1 Å². The van der Waals surface area contributed by atoms with Gasteiger partial charge in [-0.3, -0.25) is 4.79 Å². The van der Waals surface area contributed by atoms with E-state index >= 15 is 0 Å². The second-order valence-electron chi connectivity index (χ2n) is 4.72. The third kappa shape index (κ3) is 3.56. The molecule has 1 unspecified atom stereocenters. The van der Waals surface area contributed by atoms with Crippen molar-refractivity contribution in [2.75, 3.05) is 13.1 Å². The number of hydrogen-bond donors (Lipinski definition) is 1. The lowest BCUT2D eigenvalue weighted by Crippen LogP contribution is -2.31. The zero-order chi connectivity index (χ0) is 12.2. The zero-order valence-electron chi connectivity index (χ0n) is 10.0. The van der Waals surface area contributed by atoms with E-state index in [1.165, 1.54) is 0 Å². The molecule has 1 saturated heterocycles. The van der Waals surface area contributed by atoms with Crippen LogP contribution in [0.5, 0.6) is 0 Å². The van der Waals surface area contributed by atoms with E-state index in [-0.39, 0.29) is 6.42 Å². The monoisotopic (exact) mass is 247 g/mol. The molecule has 1 fully saturated rings. The second kappa shape index (κ2) is 5.77. The Hall–Kier alpha value is -0.420. The maximum absolute atomic E-state index is 11.5. The number of rotatable bonds is 4. The van der Waals surface area contributed by atoms with Crippen LogP contribution in [0.15, 0.2) is 0 Å². The van der Waals surface area contributed by atoms with Gasteiger partial charge in [-0.2, -0.15) is 0 Å². The summed E-state index contributed by atoms with van der Waals surface area (Å²) in [6.45, 7) is 5.05. The van der Waals surface area contributed by atoms with Crippen molar-refractivity contribution in [2.45, 2.75) is 44.8 Å². The van der Waals surface area contributed by atoms with Crippen LogP contribution < -0.4 is 5.32 Å². The van der Waals surface area contributed by atoms with Crippen molar-refractivity contribution in [1.82, 2.24) is 5.32 Å². The van der Waals surface area contributed by atoms with Gasteiger partial charge in [-0.1, -0.05) is 0 Å². The molecule has 0 aromatic carbocycles. The smallest absolute Gasteiger partial charge is 0.246 e. The molecule has 1 N–H and O–H groups in total. The first-order valence-corrected chi connectivity index (χ1v) is 7.46. The first-order valence-electron chi connectivity index (χ1n) is 5.92. The van der Waals surface area contributed by atoms with E-state index in [1.807, 2.05) is 0 Å². The predicted octanol–water partition coefficient (Wildman–Crippen LogP) is 1.12. The van der Waals surface area contributed by atoms with Gasteiger partial charge in [0.2, 0.25) is 15.0 Å². The van der Waals surface area contributed by atoms with Gasteiger partial charge in [0.15, 0.2) is 0 Å². The van der Waals surface area contributed by atoms with Gasteiger partial charge >= 0.3 is 0 Å². The topological polar surface area (TPSA) is 63.2 Å². The Kier molecular flexibility index (Phi) is 4.92. The van der Waals surface area contributed by atoms with Gasteiger partial charge in [0.1, 0.15) is 0 Å². The van der Waals surface area contributed by atoms with Gasteiger partial charge in [0.25, 0.3) is 0 Å². The van der Waals surface area contributed by atoms with E-state index < -0.39 is 20.2 Å². The highest BCUT2D eigenvalue weighted by atomic mass is 32.2. The molecule has 5 heteroatoms. The fraction of sp³-hybridized carbons (Fsp3) is 0.909. The molecule has 0 spiro atoms. The molecular formula is C11H21NO3S. The molecule has 1 aliphatic rings. The average Bonchev–Trinajstić information content (AvgIpc) is 2.27. The summed E-state index contributed by atoms with van der Waals surface area (Å²) in [6, 6.07) is 0. The average molecular weight is 247 g/mol. The standard InChI is InChI=1S/C11H21NO3S/c1-9(2)16(14,15)11(13)6-5-10-4-3-7-12-8-10/h9-10,12H,3-8H2,1-2H3. The molecule has 0 bridgehead atoms. The van der Waals surface area contributed by atoms with Gasteiger partial charge in [-0.25, -0.2) is 8.42 Å². The van der Waals surface area contributed by atoms with E-state index in [9.17, 15) is 13.2 Å². The summed E-state index contributed by atoms with van der Waals surface area (Å²) < 4.78 is 23.1. The van der Waals surface area contributed by atoms with E-state index in [1.54, 1.807) is 13.8 Å². The normalized spacial score (nSPS) is 22.3. The van der Waals surface area contributed by atoms with Gasteiger partial charge in [0.05, 0.1) is 5.25 Å². The number of carbonyl (C=O) groups is 1. The van der Waals surface area contributed by atoms with Crippen molar-refractivity contribution in [2.24, 2.45) is 5.92 Å². The number of hydrogen-bond acceptors (Lipinski definition) is 4. The van der Waals surface area contributed by atoms with Gasteiger partial charge in [0, 0.05) is 6.42 Å². The van der Waals surface area contributed by atoms with Crippen molar-refractivity contribution in [1.29, 1.82) is 0 Å². The minimum Gasteiger partial charge on any atom is -0.316 e. The lowest BCUT2D eigenvalue weighted by molar-refractivity contribution is -0.112. The molecule has 1 aliphatic heterocycles. The predicted molar refractivity (Wildman–Crippen MR) is 63.9 cm³/mol. The second-order valence-corrected chi connectivity index (χ2v) is 7.20. The number of carbonyl (C=O) groups excluding carboxylic acids is 1. The Morgan fingerprint density at radius 2 is 2.12 bits per heavy atom. The highest BCUT2D eigenvalue weighted by molar-refractivity contribution is 8.06. The summed E-state index contributed by atoms with van der Waals surface area (Å²) in [6.07, 6.45) is 3.09. The molecular weight excluding hydrogens is 226 g/mol. The van der Waals surface area contributed by atoms with Crippen LogP contribution in [0.3, 0.4) is 0 Å². The van der Waals surface area contributed by atoms with E-state index in [0.717, 1.165) is 25.9 Å². The summed E-state index contributed by atoms with van der Waals surface area (Å²) in [5.74, 6) is 0.458. The van der Waals surface area contributed by atoms with Crippen LogP contribution in [0, 0.1) is 5.92 Å². The summed E-state index contributed by atoms with van der Waals surface area (Å²) in [4.78, 5) is 11.5. The SMILES string of the molecule is CC(C)S(=O)(=O)C(=O)CCC1CCCNC1. The molecule has 0 aromatic rings. The fourth-order valence-corrected chi connectivity index (χ4v) is 2.83. The number of nitrogens with one attached hydrogen (secondary N) is 1. The van der Waals surface area contributed by atoms with Crippen LogP contribution >= 0.6 is 0 Å². The lowest BCUT2D eigenvalue weighted by Gasteiger charge is -2.22. The van der Waals surface area contributed by atoms with E-state index in [4.69, 9.17) is 0 Å². The molecule has 1 atom stereocenters. The van der Waals surface area contributed by atoms with Crippen LogP contribution in [-0.4, -0.2) is 31.9 Å².